The monoisotopic (exact) mass is 368 g/mol. The number of nitrogens with zero attached hydrogens (tertiary/aromatic N) is 1. The molecule has 2 aromatic carbocycles. The summed E-state index contributed by atoms with van der Waals surface area (Å²) in [7, 11) is 1.64. The summed E-state index contributed by atoms with van der Waals surface area (Å²) in [5.74, 6) is 0.776. The average molecular weight is 370 g/mol. The molecular formula is C14H10BrClN2OS. The fourth-order valence-corrected chi connectivity index (χ4v) is 3.20. The molecule has 0 saturated heterocycles. The Labute approximate surface area is 134 Å². The minimum Gasteiger partial charge on any atom is -0.496 e. The quantitative estimate of drug-likeness (QED) is 0.636. The maximum atomic E-state index is 6.19. The number of ether oxygens (including phenoxy) is 1. The lowest BCUT2D eigenvalue weighted by molar-refractivity contribution is 0.412. The molecule has 20 heavy (non-hydrogen) atoms. The number of hydrogen-bond acceptors (Lipinski definition) is 2. The Hall–Kier alpha value is -1.30. The fraction of sp³-hybridized carbons (Fsp3) is 0.0714. The topological polar surface area (TPSA) is 29.9 Å². The van der Waals surface area contributed by atoms with Gasteiger partial charge in [0, 0.05) is 5.69 Å². The third-order valence-electron chi connectivity index (χ3n) is 3.06. The van der Waals surface area contributed by atoms with Crippen LogP contribution in [0.15, 0.2) is 40.9 Å². The van der Waals surface area contributed by atoms with Crippen LogP contribution in [0.5, 0.6) is 5.75 Å². The van der Waals surface area contributed by atoms with Crippen molar-refractivity contribution in [1.82, 2.24) is 9.55 Å². The lowest BCUT2D eigenvalue weighted by atomic mass is 10.2. The van der Waals surface area contributed by atoms with Crippen molar-refractivity contribution in [3.63, 3.8) is 0 Å². The van der Waals surface area contributed by atoms with E-state index in [2.05, 4.69) is 20.9 Å². The van der Waals surface area contributed by atoms with Gasteiger partial charge < -0.3 is 9.72 Å². The van der Waals surface area contributed by atoms with Crippen molar-refractivity contribution in [2.24, 2.45) is 0 Å². The highest BCUT2D eigenvalue weighted by Gasteiger charge is 2.10. The van der Waals surface area contributed by atoms with Crippen LogP contribution in [0, 0.1) is 4.77 Å². The third kappa shape index (κ3) is 2.16. The zero-order chi connectivity index (χ0) is 14.3. The van der Waals surface area contributed by atoms with Crippen molar-refractivity contribution in [3.8, 4) is 11.4 Å². The predicted molar refractivity (Wildman–Crippen MR) is 87.7 cm³/mol. The molecule has 0 aliphatic carbocycles. The van der Waals surface area contributed by atoms with E-state index in [0.717, 1.165) is 26.9 Å². The van der Waals surface area contributed by atoms with Gasteiger partial charge in [-0.1, -0.05) is 17.7 Å². The largest absolute Gasteiger partial charge is 0.496 e. The molecule has 0 atom stereocenters. The summed E-state index contributed by atoms with van der Waals surface area (Å²) in [5.41, 5.74) is 2.72. The van der Waals surface area contributed by atoms with Gasteiger partial charge in [-0.15, -0.1) is 0 Å². The van der Waals surface area contributed by atoms with Gasteiger partial charge in [-0.25, -0.2) is 0 Å². The standard InChI is InChI=1S/C14H10BrClN2OS/c1-19-12-6-5-8(7-9(12)15)18-11-4-2-3-10(16)13(11)17-14(18)20/h2-7H,1H3,(H,17,20). The number of aromatic amines is 1. The molecule has 1 aromatic heterocycles. The van der Waals surface area contributed by atoms with Crippen LogP contribution in [0.25, 0.3) is 16.7 Å². The zero-order valence-electron chi connectivity index (χ0n) is 10.5. The minimum absolute atomic E-state index is 0.602. The highest BCUT2D eigenvalue weighted by molar-refractivity contribution is 9.10. The Bertz CT molecular complexity index is 856. The second-order valence-electron chi connectivity index (χ2n) is 4.22. The van der Waals surface area contributed by atoms with Gasteiger partial charge in [-0.05, 0) is 58.5 Å². The SMILES string of the molecule is COc1ccc(-n2c(=S)[nH]c3c(Cl)cccc32)cc1Br. The Morgan fingerprint density at radius 2 is 2.10 bits per heavy atom. The summed E-state index contributed by atoms with van der Waals surface area (Å²) in [4.78, 5) is 3.14. The van der Waals surface area contributed by atoms with Crippen molar-refractivity contribution < 1.29 is 4.74 Å². The van der Waals surface area contributed by atoms with Crippen LogP contribution in [0.1, 0.15) is 0 Å². The van der Waals surface area contributed by atoms with Gasteiger partial charge in [0.05, 0.1) is 27.6 Å². The second kappa shape index (κ2) is 5.24. The summed E-state index contributed by atoms with van der Waals surface area (Å²) >= 11 is 15.1. The van der Waals surface area contributed by atoms with E-state index >= 15 is 0 Å². The number of benzene rings is 2. The molecule has 6 heteroatoms. The lowest BCUT2D eigenvalue weighted by Gasteiger charge is -2.08. The van der Waals surface area contributed by atoms with Crippen LogP contribution in [0.4, 0.5) is 0 Å². The van der Waals surface area contributed by atoms with Gasteiger partial charge in [-0.3, -0.25) is 4.57 Å². The number of imidazole rings is 1. The first-order chi connectivity index (χ1) is 9.61. The first kappa shape index (κ1) is 13.7. The summed E-state index contributed by atoms with van der Waals surface area (Å²) in [6, 6.07) is 11.5. The van der Waals surface area contributed by atoms with E-state index in [9.17, 15) is 0 Å². The van der Waals surface area contributed by atoms with Crippen LogP contribution in [-0.4, -0.2) is 16.7 Å². The number of aromatic nitrogens is 2. The van der Waals surface area contributed by atoms with E-state index in [1.165, 1.54) is 0 Å². The van der Waals surface area contributed by atoms with Gasteiger partial charge in [0.15, 0.2) is 4.77 Å². The average Bonchev–Trinajstić information content (AvgIpc) is 2.76. The number of para-hydroxylation sites is 1. The lowest BCUT2D eigenvalue weighted by Crippen LogP contribution is -1.95. The minimum atomic E-state index is 0.602. The number of halogens is 2. The van der Waals surface area contributed by atoms with Crippen LogP contribution in [-0.2, 0) is 0 Å². The van der Waals surface area contributed by atoms with Crippen molar-refractivity contribution in [1.29, 1.82) is 0 Å². The van der Waals surface area contributed by atoms with E-state index in [1.54, 1.807) is 7.11 Å². The Morgan fingerprint density at radius 1 is 1.30 bits per heavy atom. The van der Waals surface area contributed by atoms with Gasteiger partial charge in [0.25, 0.3) is 0 Å². The van der Waals surface area contributed by atoms with E-state index in [4.69, 9.17) is 28.6 Å². The van der Waals surface area contributed by atoms with Crippen LogP contribution in [0.2, 0.25) is 5.02 Å². The molecule has 0 aliphatic heterocycles. The molecule has 0 fully saturated rings. The summed E-state index contributed by atoms with van der Waals surface area (Å²) in [5, 5.41) is 0.653. The number of fused-ring (bicyclic) bond motifs is 1. The molecule has 3 rings (SSSR count). The molecule has 1 heterocycles. The van der Waals surface area contributed by atoms with Gasteiger partial charge in [-0.2, -0.15) is 0 Å². The first-order valence-corrected chi connectivity index (χ1v) is 7.43. The van der Waals surface area contributed by atoms with E-state index in [1.807, 2.05) is 41.0 Å². The molecule has 0 aliphatic rings. The Balaban J connectivity index is 2.30. The molecule has 102 valence electrons. The molecule has 0 saturated carbocycles. The molecule has 1 N–H and O–H groups in total. The van der Waals surface area contributed by atoms with E-state index < -0.39 is 0 Å². The first-order valence-electron chi connectivity index (χ1n) is 5.85. The van der Waals surface area contributed by atoms with Gasteiger partial charge >= 0.3 is 0 Å². The molecule has 0 unspecified atom stereocenters. The summed E-state index contributed by atoms with van der Waals surface area (Å²) in [6.07, 6.45) is 0. The highest BCUT2D eigenvalue weighted by atomic mass is 79.9. The molecular weight excluding hydrogens is 360 g/mol. The predicted octanol–water partition coefficient (Wildman–Crippen LogP) is 5.11. The van der Waals surface area contributed by atoms with Crippen LogP contribution < -0.4 is 4.74 Å². The number of nitrogens with one attached hydrogen (secondary N) is 1. The molecule has 0 spiro atoms. The maximum absolute atomic E-state index is 6.19. The Morgan fingerprint density at radius 3 is 2.80 bits per heavy atom. The smallest absolute Gasteiger partial charge is 0.182 e. The summed E-state index contributed by atoms with van der Waals surface area (Å²) in [6.45, 7) is 0. The van der Waals surface area contributed by atoms with E-state index in [-0.39, 0.29) is 0 Å². The molecule has 3 nitrogen and oxygen atoms in total. The van der Waals surface area contributed by atoms with E-state index in [0.29, 0.717) is 9.79 Å². The molecule has 0 amide bonds. The normalized spacial score (nSPS) is 10.9. The van der Waals surface area contributed by atoms with Crippen molar-refractivity contribution in [2.75, 3.05) is 7.11 Å². The van der Waals surface area contributed by atoms with Crippen LogP contribution >= 0.6 is 39.7 Å². The maximum Gasteiger partial charge on any atom is 0.182 e. The molecule has 0 radical (unpaired) electrons. The molecule has 3 aromatic rings. The highest BCUT2D eigenvalue weighted by Crippen LogP contribution is 2.30. The molecule has 0 bridgehead atoms. The van der Waals surface area contributed by atoms with Crippen molar-refractivity contribution in [2.45, 2.75) is 0 Å². The number of hydrogen-bond donors (Lipinski definition) is 1. The zero-order valence-corrected chi connectivity index (χ0v) is 13.6. The van der Waals surface area contributed by atoms with Gasteiger partial charge in [0.1, 0.15) is 5.75 Å². The summed E-state index contributed by atoms with van der Waals surface area (Å²) < 4.78 is 8.66. The number of H-pyrrole nitrogens is 1. The number of methoxy groups -OCH3 is 1. The fourth-order valence-electron chi connectivity index (χ4n) is 2.15. The second-order valence-corrected chi connectivity index (χ2v) is 5.87. The van der Waals surface area contributed by atoms with Gasteiger partial charge in [0.2, 0.25) is 0 Å². The van der Waals surface area contributed by atoms with Crippen LogP contribution in [0.3, 0.4) is 0 Å². The Kier molecular flexibility index (Phi) is 3.58. The number of rotatable bonds is 2. The van der Waals surface area contributed by atoms with Crippen molar-refractivity contribution >= 4 is 50.8 Å². The third-order valence-corrected chi connectivity index (χ3v) is 4.28. The van der Waals surface area contributed by atoms with Crippen molar-refractivity contribution in [3.05, 3.63) is 50.7 Å².